The molecule has 0 N–H and O–H groups in total. The lowest BCUT2D eigenvalue weighted by Gasteiger charge is -2.32. The van der Waals surface area contributed by atoms with E-state index in [1.54, 1.807) is 6.92 Å². The minimum atomic E-state index is 0.137. The van der Waals surface area contributed by atoms with Gasteiger partial charge in [0.2, 0.25) is 5.91 Å². The maximum Gasteiger partial charge on any atom is 0.234 e. The van der Waals surface area contributed by atoms with Crippen molar-refractivity contribution in [3.63, 3.8) is 0 Å². The molecule has 0 bridgehead atoms. The van der Waals surface area contributed by atoms with Gasteiger partial charge in [-0.25, -0.2) is 5.01 Å². The molecule has 0 saturated carbocycles. The second kappa shape index (κ2) is 4.88. The molecule has 1 aliphatic rings. The van der Waals surface area contributed by atoms with Crippen molar-refractivity contribution in [2.24, 2.45) is 0 Å². The van der Waals surface area contributed by atoms with Gasteiger partial charge in [-0.2, -0.15) is 0 Å². The van der Waals surface area contributed by atoms with Gasteiger partial charge in [-0.15, -0.1) is 0 Å². The minimum absolute atomic E-state index is 0.137. The average Bonchev–Trinajstić information content (AvgIpc) is 2.67. The normalized spacial score (nSPS) is 25.2. The minimum Gasteiger partial charge on any atom is -0.274 e. The number of hydrazine groups is 1. The molecule has 92 valence electrons. The Balaban J connectivity index is 2.28. The molecule has 2 unspecified atom stereocenters. The van der Waals surface area contributed by atoms with E-state index in [0.717, 1.165) is 13.0 Å². The molecule has 2 atom stereocenters. The van der Waals surface area contributed by atoms with Crippen molar-refractivity contribution in [3.05, 3.63) is 35.9 Å². The third-order valence-corrected chi connectivity index (χ3v) is 3.45. The summed E-state index contributed by atoms with van der Waals surface area (Å²) < 4.78 is 0. The summed E-state index contributed by atoms with van der Waals surface area (Å²) >= 11 is 0. The van der Waals surface area contributed by atoms with Gasteiger partial charge in [-0.3, -0.25) is 9.80 Å². The molecule has 1 aliphatic heterocycles. The Bertz CT molecular complexity index is 390. The molecule has 1 saturated heterocycles. The summed E-state index contributed by atoms with van der Waals surface area (Å²) in [5, 5.41) is 4.08. The summed E-state index contributed by atoms with van der Waals surface area (Å²) in [6.45, 7) is 6.73. The van der Waals surface area contributed by atoms with Gasteiger partial charge < -0.3 is 0 Å². The first-order chi connectivity index (χ1) is 8.15. The van der Waals surface area contributed by atoms with Crippen LogP contribution in [0.5, 0.6) is 0 Å². The molecular formula is C14H20N2O. The zero-order valence-corrected chi connectivity index (χ0v) is 10.8. The molecule has 1 amide bonds. The van der Waals surface area contributed by atoms with Crippen LogP contribution in [0, 0.1) is 0 Å². The number of amides is 1. The Hall–Kier alpha value is -1.35. The van der Waals surface area contributed by atoms with Crippen molar-refractivity contribution in [2.75, 3.05) is 6.54 Å². The smallest absolute Gasteiger partial charge is 0.234 e. The second-order valence-corrected chi connectivity index (χ2v) is 4.63. The summed E-state index contributed by atoms with van der Waals surface area (Å²) in [4.78, 5) is 11.7. The van der Waals surface area contributed by atoms with Crippen molar-refractivity contribution >= 4 is 5.91 Å². The highest BCUT2D eigenvalue weighted by Crippen LogP contribution is 2.35. The SMILES string of the molecule is CCN1C(c2ccccc2)CC(C)N1C(C)=O. The highest BCUT2D eigenvalue weighted by Gasteiger charge is 2.38. The average molecular weight is 232 g/mol. The number of rotatable bonds is 2. The lowest BCUT2D eigenvalue weighted by molar-refractivity contribution is -0.146. The van der Waals surface area contributed by atoms with Crippen molar-refractivity contribution in [3.8, 4) is 0 Å². The molecule has 1 aromatic carbocycles. The van der Waals surface area contributed by atoms with Crippen LogP contribution in [0.4, 0.5) is 0 Å². The third-order valence-electron chi connectivity index (χ3n) is 3.45. The highest BCUT2D eigenvalue weighted by molar-refractivity contribution is 5.73. The van der Waals surface area contributed by atoms with Crippen molar-refractivity contribution in [1.29, 1.82) is 0 Å². The molecule has 17 heavy (non-hydrogen) atoms. The molecule has 3 heteroatoms. The molecule has 1 heterocycles. The number of nitrogens with zero attached hydrogens (tertiary/aromatic N) is 2. The predicted octanol–water partition coefficient (Wildman–Crippen LogP) is 2.61. The third kappa shape index (κ3) is 2.20. The first kappa shape index (κ1) is 12.1. The number of benzene rings is 1. The topological polar surface area (TPSA) is 23.6 Å². The van der Waals surface area contributed by atoms with Gasteiger partial charge >= 0.3 is 0 Å². The summed E-state index contributed by atoms with van der Waals surface area (Å²) in [5.41, 5.74) is 1.30. The lowest BCUT2D eigenvalue weighted by atomic mass is 10.0. The largest absolute Gasteiger partial charge is 0.274 e. The van der Waals surface area contributed by atoms with Gasteiger partial charge in [0.05, 0.1) is 6.04 Å². The molecule has 0 aromatic heterocycles. The van der Waals surface area contributed by atoms with Gasteiger partial charge in [-0.1, -0.05) is 37.3 Å². The first-order valence-corrected chi connectivity index (χ1v) is 6.26. The monoisotopic (exact) mass is 232 g/mol. The summed E-state index contributed by atoms with van der Waals surface area (Å²) in [7, 11) is 0. The maximum absolute atomic E-state index is 11.7. The number of carbonyl (C=O) groups is 1. The van der Waals surface area contributed by atoms with E-state index in [-0.39, 0.29) is 11.9 Å². The Morgan fingerprint density at radius 2 is 2.00 bits per heavy atom. The second-order valence-electron chi connectivity index (χ2n) is 4.63. The number of hydrogen-bond acceptors (Lipinski definition) is 2. The summed E-state index contributed by atoms with van der Waals surface area (Å²) in [5.74, 6) is 0.137. The van der Waals surface area contributed by atoms with Crippen LogP contribution in [0.2, 0.25) is 0 Å². The molecular weight excluding hydrogens is 212 g/mol. The Morgan fingerprint density at radius 1 is 1.35 bits per heavy atom. The fourth-order valence-corrected chi connectivity index (χ4v) is 2.80. The van der Waals surface area contributed by atoms with E-state index in [2.05, 4.69) is 43.1 Å². The molecule has 1 fully saturated rings. The van der Waals surface area contributed by atoms with Gasteiger partial charge in [-0.05, 0) is 18.9 Å². The lowest BCUT2D eigenvalue weighted by Crippen LogP contribution is -2.43. The molecule has 2 rings (SSSR count). The summed E-state index contributed by atoms with van der Waals surface area (Å²) in [6.07, 6.45) is 1.01. The van der Waals surface area contributed by atoms with Crippen LogP contribution < -0.4 is 0 Å². The molecule has 0 radical (unpaired) electrons. The zero-order chi connectivity index (χ0) is 12.4. The van der Waals surface area contributed by atoms with E-state index in [4.69, 9.17) is 0 Å². The van der Waals surface area contributed by atoms with E-state index in [1.165, 1.54) is 5.56 Å². The predicted molar refractivity (Wildman–Crippen MR) is 68.2 cm³/mol. The van der Waals surface area contributed by atoms with Crippen molar-refractivity contribution < 1.29 is 4.79 Å². The molecule has 3 nitrogen and oxygen atoms in total. The van der Waals surface area contributed by atoms with Crippen LogP contribution in [0.3, 0.4) is 0 Å². The van der Waals surface area contributed by atoms with Gasteiger partial charge in [0.25, 0.3) is 0 Å². The van der Waals surface area contributed by atoms with Crippen molar-refractivity contribution in [2.45, 2.75) is 39.3 Å². The number of hydrogen-bond donors (Lipinski definition) is 0. The fourth-order valence-electron chi connectivity index (χ4n) is 2.80. The molecule has 0 aliphatic carbocycles. The van der Waals surface area contributed by atoms with Gasteiger partial charge in [0, 0.05) is 19.5 Å². The van der Waals surface area contributed by atoms with Crippen LogP contribution in [0.1, 0.15) is 38.8 Å². The fraction of sp³-hybridized carbons (Fsp3) is 0.500. The Morgan fingerprint density at radius 3 is 2.53 bits per heavy atom. The van der Waals surface area contributed by atoms with Gasteiger partial charge in [0.1, 0.15) is 0 Å². The van der Waals surface area contributed by atoms with E-state index < -0.39 is 0 Å². The molecule has 1 aromatic rings. The van der Waals surface area contributed by atoms with E-state index in [9.17, 15) is 4.79 Å². The quantitative estimate of drug-likeness (QED) is 0.782. The summed E-state index contributed by atoms with van der Waals surface area (Å²) in [6, 6.07) is 11.1. The van der Waals surface area contributed by atoms with Crippen LogP contribution in [-0.4, -0.2) is 28.5 Å². The van der Waals surface area contributed by atoms with Gasteiger partial charge in [0.15, 0.2) is 0 Å². The maximum atomic E-state index is 11.7. The van der Waals surface area contributed by atoms with E-state index in [0.29, 0.717) is 6.04 Å². The Labute approximate surface area is 103 Å². The zero-order valence-electron chi connectivity index (χ0n) is 10.8. The van der Waals surface area contributed by atoms with E-state index >= 15 is 0 Å². The first-order valence-electron chi connectivity index (χ1n) is 6.26. The molecule has 0 spiro atoms. The van der Waals surface area contributed by atoms with E-state index in [1.807, 2.05) is 11.1 Å². The standard InChI is InChI=1S/C14H20N2O/c1-4-15-14(13-8-6-5-7-9-13)10-11(2)16(15)12(3)17/h5-9,11,14H,4,10H2,1-3H3. The van der Waals surface area contributed by atoms with Crippen molar-refractivity contribution in [1.82, 2.24) is 10.0 Å². The Kier molecular flexibility index (Phi) is 3.48. The van der Waals surface area contributed by atoms with Crippen LogP contribution in [-0.2, 0) is 4.79 Å². The highest BCUT2D eigenvalue weighted by atomic mass is 16.2. The van der Waals surface area contributed by atoms with Crippen LogP contribution in [0.15, 0.2) is 30.3 Å². The van der Waals surface area contributed by atoms with Crippen LogP contribution in [0.25, 0.3) is 0 Å². The number of carbonyl (C=O) groups excluding carboxylic acids is 1. The van der Waals surface area contributed by atoms with Crippen LogP contribution >= 0.6 is 0 Å².